The van der Waals surface area contributed by atoms with Gasteiger partial charge in [-0.1, -0.05) is 33.6 Å². The number of benzene rings is 1. The Morgan fingerprint density at radius 3 is 2.79 bits per heavy atom. The first-order valence-corrected chi connectivity index (χ1v) is 5.10. The summed E-state index contributed by atoms with van der Waals surface area (Å²) in [7, 11) is 0. The smallest absolute Gasteiger partial charge is 0.305 e. The van der Waals surface area contributed by atoms with E-state index in [1.54, 1.807) is 18.2 Å². The van der Waals surface area contributed by atoms with Crippen molar-refractivity contribution < 1.29 is 9.90 Å². The van der Waals surface area contributed by atoms with E-state index in [9.17, 15) is 4.79 Å². The van der Waals surface area contributed by atoms with E-state index in [1.807, 2.05) is 0 Å². The van der Waals surface area contributed by atoms with Gasteiger partial charge >= 0.3 is 5.97 Å². The van der Waals surface area contributed by atoms with Gasteiger partial charge in [-0.25, -0.2) is 0 Å². The summed E-state index contributed by atoms with van der Waals surface area (Å²) in [6.07, 6.45) is -0.124. The van der Waals surface area contributed by atoms with Crippen LogP contribution in [-0.2, 0) is 4.79 Å². The lowest BCUT2D eigenvalue weighted by Crippen LogP contribution is -2.15. The average molecular weight is 279 g/mol. The zero-order valence-electron chi connectivity index (χ0n) is 7.21. The van der Waals surface area contributed by atoms with Crippen LogP contribution in [0.4, 0.5) is 0 Å². The van der Waals surface area contributed by atoms with Crippen LogP contribution in [0.15, 0.2) is 22.7 Å². The maximum Gasteiger partial charge on any atom is 0.305 e. The van der Waals surface area contributed by atoms with Crippen LogP contribution in [-0.4, -0.2) is 11.1 Å². The molecule has 3 N–H and O–H groups in total. The summed E-state index contributed by atoms with van der Waals surface area (Å²) in [5.41, 5.74) is 6.32. The number of carboxylic acids is 1. The minimum Gasteiger partial charge on any atom is -0.481 e. The van der Waals surface area contributed by atoms with Crippen LogP contribution in [0.25, 0.3) is 0 Å². The zero-order chi connectivity index (χ0) is 10.7. The summed E-state index contributed by atoms with van der Waals surface area (Å²) in [4.78, 5) is 10.4. The molecule has 0 spiro atoms. The quantitative estimate of drug-likeness (QED) is 0.893. The molecule has 0 amide bonds. The maximum atomic E-state index is 10.4. The van der Waals surface area contributed by atoms with Crippen LogP contribution in [0.1, 0.15) is 18.0 Å². The van der Waals surface area contributed by atoms with Crippen molar-refractivity contribution in [1.29, 1.82) is 0 Å². The fourth-order valence-electron chi connectivity index (χ4n) is 1.10. The van der Waals surface area contributed by atoms with Crippen LogP contribution in [0.3, 0.4) is 0 Å². The Hall–Kier alpha value is -0.580. The normalized spacial score (nSPS) is 12.5. The van der Waals surface area contributed by atoms with E-state index in [-0.39, 0.29) is 6.42 Å². The van der Waals surface area contributed by atoms with Crippen LogP contribution in [0.5, 0.6) is 0 Å². The molecule has 76 valence electrons. The van der Waals surface area contributed by atoms with Gasteiger partial charge in [0.05, 0.1) is 6.42 Å². The topological polar surface area (TPSA) is 63.3 Å². The third kappa shape index (κ3) is 2.97. The first kappa shape index (κ1) is 11.5. The minimum atomic E-state index is -0.934. The number of nitrogens with two attached hydrogens (primary N) is 1. The molecule has 14 heavy (non-hydrogen) atoms. The van der Waals surface area contributed by atoms with Crippen molar-refractivity contribution in [3.05, 3.63) is 33.3 Å². The summed E-state index contributed by atoms with van der Waals surface area (Å²) >= 11 is 9.16. The molecule has 1 aromatic carbocycles. The second-order valence-electron chi connectivity index (χ2n) is 2.87. The molecule has 3 nitrogen and oxygen atoms in total. The van der Waals surface area contributed by atoms with Crippen LogP contribution < -0.4 is 5.73 Å². The van der Waals surface area contributed by atoms with Crippen LogP contribution in [0, 0.1) is 0 Å². The molecule has 0 saturated heterocycles. The monoisotopic (exact) mass is 277 g/mol. The second-order valence-corrected chi connectivity index (χ2v) is 4.19. The number of carbonyl (C=O) groups is 1. The van der Waals surface area contributed by atoms with Gasteiger partial charge in [-0.05, 0) is 17.7 Å². The Kier molecular flexibility index (Phi) is 3.92. The molecule has 0 aromatic heterocycles. The number of halogens is 2. The zero-order valence-corrected chi connectivity index (χ0v) is 9.55. The Labute approximate surface area is 95.0 Å². The summed E-state index contributed by atoms with van der Waals surface area (Å²) in [6, 6.07) is 4.63. The SMILES string of the molecule is N[C@H](CC(=O)O)c1ccc(Br)cc1Cl. The average Bonchev–Trinajstić information content (AvgIpc) is 2.01. The molecule has 5 heteroatoms. The number of hydrogen-bond donors (Lipinski definition) is 2. The van der Waals surface area contributed by atoms with Gasteiger partial charge in [0, 0.05) is 15.5 Å². The Balaban J connectivity index is 2.90. The summed E-state index contributed by atoms with van der Waals surface area (Å²) < 4.78 is 0.841. The second kappa shape index (κ2) is 4.77. The first-order chi connectivity index (χ1) is 6.50. The predicted molar refractivity (Wildman–Crippen MR) is 58.3 cm³/mol. The van der Waals surface area contributed by atoms with E-state index >= 15 is 0 Å². The van der Waals surface area contributed by atoms with Crippen LogP contribution >= 0.6 is 27.5 Å². The number of carboxylic acid groups (broad SMARTS) is 1. The molecule has 1 rings (SSSR count). The molecule has 0 fully saturated rings. The molecule has 0 saturated carbocycles. The molecule has 0 aliphatic carbocycles. The van der Waals surface area contributed by atoms with Crippen molar-refractivity contribution in [2.24, 2.45) is 5.73 Å². The third-order valence-corrected chi connectivity index (χ3v) is 2.58. The summed E-state index contributed by atoms with van der Waals surface area (Å²) in [6.45, 7) is 0. The highest BCUT2D eigenvalue weighted by atomic mass is 79.9. The number of aliphatic carboxylic acids is 1. The van der Waals surface area contributed by atoms with Gasteiger partial charge in [0.15, 0.2) is 0 Å². The van der Waals surface area contributed by atoms with E-state index in [0.29, 0.717) is 10.6 Å². The molecule has 0 aliphatic heterocycles. The summed E-state index contributed by atoms with van der Waals surface area (Å²) in [5, 5.41) is 9.04. The summed E-state index contributed by atoms with van der Waals surface area (Å²) in [5.74, 6) is -0.934. The molecule has 1 aromatic rings. The third-order valence-electron chi connectivity index (χ3n) is 1.76. The lowest BCUT2D eigenvalue weighted by molar-refractivity contribution is -0.137. The number of hydrogen-bond acceptors (Lipinski definition) is 2. The molecule has 1 atom stereocenters. The molecular weight excluding hydrogens is 269 g/mol. The van der Waals surface area contributed by atoms with Crippen molar-refractivity contribution >= 4 is 33.5 Å². The lowest BCUT2D eigenvalue weighted by Gasteiger charge is -2.11. The van der Waals surface area contributed by atoms with E-state index in [0.717, 1.165) is 4.47 Å². The van der Waals surface area contributed by atoms with Crippen molar-refractivity contribution in [2.75, 3.05) is 0 Å². The van der Waals surface area contributed by atoms with Crippen molar-refractivity contribution in [2.45, 2.75) is 12.5 Å². The van der Waals surface area contributed by atoms with Gasteiger partial charge in [-0.15, -0.1) is 0 Å². The minimum absolute atomic E-state index is 0.124. The van der Waals surface area contributed by atoms with Crippen molar-refractivity contribution in [1.82, 2.24) is 0 Å². The molecule has 0 bridgehead atoms. The Bertz CT molecular complexity index is 357. The highest BCUT2D eigenvalue weighted by Crippen LogP contribution is 2.26. The maximum absolute atomic E-state index is 10.4. The molecular formula is C9H9BrClNO2. The van der Waals surface area contributed by atoms with E-state index in [4.69, 9.17) is 22.4 Å². The van der Waals surface area contributed by atoms with Crippen LogP contribution in [0.2, 0.25) is 5.02 Å². The van der Waals surface area contributed by atoms with Crippen molar-refractivity contribution in [3.8, 4) is 0 Å². The van der Waals surface area contributed by atoms with Gasteiger partial charge in [-0.3, -0.25) is 4.79 Å². The number of rotatable bonds is 3. The van der Waals surface area contributed by atoms with Crippen molar-refractivity contribution in [3.63, 3.8) is 0 Å². The highest BCUT2D eigenvalue weighted by molar-refractivity contribution is 9.10. The van der Waals surface area contributed by atoms with Gasteiger partial charge in [-0.2, -0.15) is 0 Å². The van der Waals surface area contributed by atoms with Gasteiger partial charge in [0.2, 0.25) is 0 Å². The fraction of sp³-hybridized carbons (Fsp3) is 0.222. The molecule has 0 aliphatic rings. The molecule has 0 heterocycles. The molecule has 0 unspecified atom stereocenters. The lowest BCUT2D eigenvalue weighted by atomic mass is 10.1. The highest BCUT2D eigenvalue weighted by Gasteiger charge is 2.13. The van der Waals surface area contributed by atoms with E-state index in [2.05, 4.69) is 15.9 Å². The predicted octanol–water partition coefficient (Wildman–Crippen LogP) is 2.58. The molecule has 0 radical (unpaired) electrons. The van der Waals surface area contributed by atoms with Gasteiger partial charge in [0.25, 0.3) is 0 Å². The van der Waals surface area contributed by atoms with E-state index < -0.39 is 12.0 Å². The van der Waals surface area contributed by atoms with Gasteiger partial charge < -0.3 is 10.8 Å². The standard InChI is InChI=1S/C9H9BrClNO2/c10-5-1-2-6(7(11)3-5)8(12)4-9(13)14/h1-3,8H,4,12H2,(H,13,14)/t8-/m1/s1. The largest absolute Gasteiger partial charge is 0.481 e. The van der Waals surface area contributed by atoms with E-state index in [1.165, 1.54) is 0 Å². The Morgan fingerprint density at radius 2 is 2.29 bits per heavy atom. The first-order valence-electron chi connectivity index (χ1n) is 3.93. The van der Waals surface area contributed by atoms with Gasteiger partial charge in [0.1, 0.15) is 0 Å². The fourth-order valence-corrected chi connectivity index (χ4v) is 1.91. The Morgan fingerprint density at radius 1 is 1.64 bits per heavy atom.